The first-order valence-electron chi connectivity index (χ1n) is 12.3. The fraction of sp³-hybridized carbons (Fsp3) is 0.138. The van der Waals surface area contributed by atoms with Crippen molar-refractivity contribution in [3.05, 3.63) is 108 Å². The second-order valence-electron chi connectivity index (χ2n) is 9.02. The Morgan fingerprint density at radius 3 is 2.59 bits per heavy atom. The van der Waals surface area contributed by atoms with Crippen LogP contribution in [0.2, 0.25) is 0 Å². The number of para-hydroxylation sites is 1. The molecule has 2 aromatic heterocycles. The first kappa shape index (κ1) is 25.0. The average Bonchev–Trinajstić information content (AvgIpc) is 3.60. The number of aromatic nitrogens is 2. The van der Waals surface area contributed by atoms with Gasteiger partial charge in [-0.3, -0.25) is 19.0 Å². The van der Waals surface area contributed by atoms with Gasteiger partial charge in [0, 0.05) is 18.3 Å². The molecule has 0 atom stereocenters. The zero-order chi connectivity index (χ0) is 27.0. The number of hydrogen-bond donors (Lipinski definition) is 0. The SMILES string of the molecule is COc1ccc2nc(N(Cc3ccccn3)C(=O)c3ccc(S(=O)(=O)N4CCc5ccccc54)cc3)sc2c1. The number of carbonyl (C=O) groups is 1. The third kappa shape index (κ3) is 4.73. The van der Waals surface area contributed by atoms with Gasteiger partial charge in [0.15, 0.2) is 5.13 Å². The molecule has 0 fully saturated rings. The van der Waals surface area contributed by atoms with Crippen LogP contribution in [0.4, 0.5) is 10.8 Å². The highest BCUT2D eigenvalue weighted by Gasteiger charge is 2.31. The van der Waals surface area contributed by atoms with E-state index in [0.717, 1.165) is 15.8 Å². The summed E-state index contributed by atoms with van der Waals surface area (Å²) in [5, 5.41) is 0.513. The van der Waals surface area contributed by atoms with Crippen LogP contribution in [0.1, 0.15) is 21.6 Å². The van der Waals surface area contributed by atoms with Crippen molar-refractivity contribution in [2.75, 3.05) is 22.9 Å². The maximum atomic E-state index is 13.8. The van der Waals surface area contributed by atoms with E-state index in [-0.39, 0.29) is 17.3 Å². The summed E-state index contributed by atoms with van der Waals surface area (Å²) >= 11 is 1.38. The lowest BCUT2D eigenvalue weighted by molar-refractivity contribution is 0.0984. The van der Waals surface area contributed by atoms with Crippen molar-refractivity contribution in [2.45, 2.75) is 17.9 Å². The zero-order valence-electron chi connectivity index (χ0n) is 21.0. The molecule has 0 unspecified atom stereocenters. The van der Waals surface area contributed by atoms with Gasteiger partial charge in [-0.05, 0) is 72.6 Å². The maximum absolute atomic E-state index is 13.8. The highest BCUT2D eigenvalue weighted by atomic mass is 32.2. The quantitative estimate of drug-likeness (QED) is 0.270. The van der Waals surface area contributed by atoms with Crippen LogP contribution in [-0.2, 0) is 23.0 Å². The Labute approximate surface area is 230 Å². The number of ether oxygens (including phenoxy) is 1. The van der Waals surface area contributed by atoms with E-state index >= 15 is 0 Å². The Morgan fingerprint density at radius 1 is 1.03 bits per heavy atom. The van der Waals surface area contributed by atoms with Gasteiger partial charge in [-0.1, -0.05) is 35.6 Å². The van der Waals surface area contributed by atoms with Gasteiger partial charge in [0.2, 0.25) is 0 Å². The van der Waals surface area contributed by atoms with Crippen molar-refractivity contribution in [1.82, 2.24) is 9.97 Å². The van der Waals surface area contributed by atoms with Crippen LogP contribution in [0.15, 0.2) is 96.0 Å². The number of anilines is 2. The number of rotatable bonds is 7. The largest absolute Gasteiger partial charge is 0.497 e. The first-order chi connectivity index (χ1) is 18.9. The summed E-state index contributed by atoms with van der Waals surface area (Å²) in [6.45, 7) is 0.601. The second-order valence-corrected chi connectivity index (χ2v) is 11.9. The molecule has 1 amide bonds. The Morgan fingerprint density at radius 2 is 1.82 bits per heavy atom. The van der Waals surface area contributed by atoms with E-state index in [0.29, 0.717) is 40.8 Å². The van der Waals surface area contributed by atoms with Crippen LogP contribution in [0, 0.1) is 0 Å². The molecule has 1 aliphatic heterocycles. The van der Waals surface area contributed by atoms with Gasteiger partial charge in [0.05, 0.1) is 40.1 Å². The number of nitrogens with zero attached hydrogens (tertiary/aromatic N) is 4. The van der Waals surface area contributed by atoms with E-state index in [9.17, 15) is 13.2 Å². The van der Waals surface area contributed by atoms with Crippen LogP contribution >= 0.6 is 11.3 Å². The minimum absolute atomic E-state index is 0.138. The van der Waals surface area contributed by atoms with Crippen molar-refractivity contribution in [1.29, 1.82) is 0 Å². The van der Waals surface area contributed by atoms with Gasteiger partial charge in [0.25, 0.3) is 15.9 Å². The fourth-order valence-electron chi connectivity index (χ4n) is 4.63. The summed E-state index contributed by atoms with van der Waals surface area (Å²) in [6.07, 6.45) is 2.35. The van der Waals surface area contributed by atoms with Gasteiger partial charge in [0.1, 0.15) is 5.75 Å². The molecule has 0 radical (unpaired) electrons. The van der Waals surface area contributed by atoms with E-state index < -0.39 is 10.0 Å². The molecule has 0 N–H and O–H groups in total. The molecule has 0 saturated heterocycles. The molecule has 39 heavy (non-hydrogen) atoms. The standard InChI is InChI=1S/C29H24N4O4S2/c1-37-23-11-14-25-27(18-23)38-29(31-25)32(19-22-7-4-5-16-30-22)28(34)21-9-12-24(13-10-21)39(35,36)33-17-15-20-6-2-3-8-26(20)33/h2-14,16,18H,15,17,19H2,1H3. The molecule has 6 rings (SSSR count). The third-order valence-corrected chi connectivity index (χ3v) is 9.51. The molecule has 8 nitrogen and oxygen atoms in total. The molecule has 0 spiro atoms. The average molecular weight is 557 g/mol. The van der Waals surface area contributed by atoms with Gasteiger partial charge in [-0.15, -0.1) is 0 Å². The Bertz CT molecular complexity index is 1770. The predicted molar refractivity (Wildman–Crippen MR) is 152 cm³/mol. The summed E-state index contributed by atoms with van der Waals surface area (Å²) < 4.78 is 34.5. The highest BCUT2D eigenvalue weighted by Crippen LogP contribution is 2.34. The van der Waals surface area contributed by atoms with Crippen molar-refractivity contribution >= 4 is 48.3 Å². The van der Waals surface area contributed by atoms with Gasteiger partial charge in [-0.25, -0.2) is 13.4 Å². The van der Waals surface area contributed by atoms with E-state index in [4.69, 9.17) is 9.72 Å². The smallest absolute Gasteiger partial charge is 0.264 e. The molecule has 196 valence electrons. The minimum atomic E-state index is -3.76. The summed E-state index contributed by atoms with van der Waals surface area (Å²) in [4.78, 5) is 24.6. The number of amides is 1. The van der Waals surface area contributed by atoms with Gasteiger partial charge >= 0.3 is 0 Å². The van der Waals surface area contributed by atoms with Crippen LogP contribution in [0.5, 0.6) is 5.75 Å². The Kier molecular flexibility index (Phi) is 6.49. The molecule has 0 bridgehead atoms. The monoisotopic (exact) mass is 556 g/mol. The molecule has 5 aromatic rings. The number of thiazole rings is 1. The molecule has 3 heterocycles. The first-order valence-corrected chi connectivity index (χ1v) is 14.6. The van der Waals surface area contributed by atoms with E-state index in [1.807, 2.05) is 60.7 Å². The molecule has 10 heteroatoms. The third-order valence-electron chi connectivity index (χ3n) is 6.64. The number of hydrogen-bond acceptors (Lipinski definition) is 7. The minimum Gasteiger partial charge on any atom is -0.497 e. The van der Waals surface area contributed by atoms with Crippen molar-refractivity contribution in [3.63, 3.8) is 0 Å². The maximum Gasteiger partial charge on any atom is 0.264 e. The van der Waals surface area contributed by atoms with Crippen LogP contribution < -0.4 is 13.9 Å². The van der Waals surface area contributed by atoms with E-state index in [2.05, 4.69) is 4.98 Å². The van der Waals surface area contributed by atoms with Crippen molar-refractivity contribution < 1.29 is 17.9 Å². The molecule has 0 aliphatic carbocycles. The van der Waals surface area contributed by atoms with Crippen LogP contribution in [0.25, 0.3) is 10.2 Å². The number of methoxy groups -OCH3 is 1. The number of fused-ring (bicyclic) bond motifs is 2. The van der Waals surface area contributed by atoms with Crippen molar-refractivity contribution in [2.24, 2.45) is 0 Å². The second kappa shape index (κ2) is 10.1. The topological polar surface area (TPSA) is 92.7 Å². The summed E-state index contributed by atoms with van der Waals surface area (Å²) in [5.74, 6) is 0.403. The number of sulfonamides is 1. The fourth-order valence-corrected chi connectivity index (χ4v) is 7.12. The van der Waals surface area contributed by atoms with Crippen molar-refractivity contribution in [3.8, 4) is 5.75 Å². The molecular weight excluding hydrogens is 532 g/mol. The highest BCUT2D eigenvalue weighted by molar-refractivity contribution is 7.92. The Hall–Kier alpha value is -4.28. The number of carbonyl (C=O) groups excluding carboxylic acids is 1. The molecule has 3 aromatic carbocycles. The van der Waals surface area contributed by atoms with Gasteiger partial charge < -0.3 is 4.74 Å². The van der Waals surface area contributed by atoms with E-state index in [1.165, 1.54) is 27.8 Å². The lowest BCUT2D eigenvalue weighted by atomic mass is 10.2. The Balaban J connectivity index is 1.32. The predicted octanol–water partition coefficient (Wildman–Crippen LogP) is 5.30. The van der Waals surface area contributed by atoms with Crippen LogP contribution in [-0.4, -0.2) is 37.9 Å². The molecule has 0 saturated carbocycles. The number of benzene rings is 3. The summed E-state index contributed by atoms with van der Waals surface area (Å²) in [5.41, 5.74) is 3.51. The zero-order valence-corrected chi connectivity index (χ0v) is 22.7. The van der Waals surface area contributed by atoms with E-state index in [1.54, 1.807) is 30.3 Å². The molecular formula is C29H24N4O4S2. The van der Waals surface area contributed by atoms with Crippen LogP contribution in [0.3, 0.4) is 0 Å². The number of pyridine rings is 1. The lowest BCUT2D eigenvalue weighted by Gasteiger charge is -2.21. The van der Waals surface area contributed by atoms with Gasteiger partial charge in [-0.2, -0.15) is 0 Å². The lowest BCUT2D eigenvalue weighted by Crippen LogP contribution is -2.31. The normalized spacial score (nSPS) is 12.9. The summed E-state index contributed by atoms with van der Waals surface area (Å²) in [7, 11) is -2.16. The summed E-state index contributed by atoms with van der Waals surface area (Å²) in [6, 6.07) is 24.7. The molecule has 1 aliphatic rings.